The normalized spacial score (nSPS) is 34.4. The van der Waals surface area contributed by atoms with E-state index in [1.807, 2.05) is 0 Å². The summed E-state index contributed by atoms with van der Waals surface area (Å²) in [5.41, 5.74) is -0.466. The Morgan fingerprint density at radius 3 is 2.34 bits per heavy atom. The molecule has 1 amide bonds. The highest BCUT2D eigenvalue weighted by molar-refractivity contribution is 6.24. The fourth-order valence-electron chi connectivity index (χ4n) is 5.60. The Kier molecular flexibility index (Phi) is 4.57. The summed E-state index contributed by atoms with van der Waals surface area (Å²) in [6, 6.07) is 3.11. The van der Waals surface area contributed by atoms with Crippen molar-refractivity contribution in [3.05, 3.63) is 46.2 Å². The molecule has 0 spiro atoms. The third-order valence-electron chi connectivity index (χ3n) is 7.12. The number of aliphatic hydroxyl groups excluding tert-OH is 2. The molecule has 4 rings (SSSR count). The summed E-state index contributed by atoms with van der Waals surface area (Å²) in [5, 5.41) is 54.9. The van der Waals surface area contributed by atoms with Crippen LogP contribution in [0.4, 0.5) is 0 Å². The van der Waals surface area contributed by atoms with E-state index in [1.54, 1.807) is 14.1 Å². The molecule has 1 fully saturated rings. The zero-order valence-electron chi connectivity index (χ0n) is 17.7. The summed E-state index contributed by atoms with van der Waals surface area (Å²) in [7, 11) is 3.17. The van der Waals surface area contributed by atoms with E-state index in [4.69, 9.17) is 5.73 Å². The Balaban J connectivity index is 2.05. The number of ketones is 2. The van der Waals surface area contributed by atoms with E-state index in [0.717, 1.165) is 0 Å². The molecule has 5 atom stereocenters. The number of aliphatic hydroxyl groups is 4. The Bertz CT molecular complexity index is 1150. The third-order valence-corrected chi connectivity index (χ3v) is 7.12. The molecule has 1 saturated carbocycles. The van der Waals surface area contributed by atoms with E-state index in [2.05, 4.69) is 0 Å². The van der Waals surface area contributed by atoms with Crippen molar-refractivity contribution >= 4 is 23.2 Å². The number of likely N-dealkylation sites (N-methyl/N-ethyl adjacent to an activating group) is 1. The average molecular weight is 445 g/mol. The van der Waals surface area contributed by atoms with Crippen LogP contribution in [0.5, 0.6) is 5.75 Å². The lowest BCUT2D eigenvalue weighted by atomic mass is 9.54. The topological polar surface area (TPSA) is 183 Å². The predicted molar refractivity (Wildman–Crippen MR) is 109 cm³/mol. The summed E-state index contributed by atoms with van der Waals surface area (Å²) in [6.07, 6.45) is -0.179. The lowest BCUT2D eigenvalue weighted by Crippen LogP contribution is -3.13. The van der Waals surface area contributed by atoms with Crippen LogP contribution in [0.3, 0.4) is 0 Å². The van der Waals surface area contributed by atoms with Crippen LogP contribution in [-0.2, 0) is 20.0 Å². The SMILES string of the molecule is C[NH+](C)[C@H]1C(=O)C(C(N)=O)=C(O)[C@@]2(O)C(=O)C3=C(O)c4c(O)cccc4[C@@](C)(O)[C@H]3C[C@@H]12. The molecule has 0 aromatic heterocycles. The number of fused-ring (bicyclic) bond motifs is 3. The van der Waals surface area contributed by atoms with Gasteiger partial charge in [0, 0.05) is 11.5 Å². The van der Waals surface area contributed by atoms with E-state index in [1.165, 1.54) is 25.1 Å². The monoisotopic (exact) mass is 445 g/mol. The number of rotatable bonds is 2. The first kappa shape index (κ1) is 22.0. The number of Topliss-reactive ketones (excluding diaryl/α,β-unsaturated/α-hetero) is 2. The van der Waals surface area contributed by atoms with Crippen LogP contribution in [0.25, 0.3) is 5.76 Å². The van der Waals surface area contributed by atoms with Gasteiger partial charge in [-0.2, -0.15) is 0 Å². The van der Waals surface area contributed by atoms with Gasteiger partial charge in [0.2, 0.25) is 11.6 Å². The summed E-state index contributed by atoms with van der Waals surface area (Å²) >= 11 is 0. The number of hydrogen-bond donors (Lipinski definition) is 7. The predicted octanol–water partition coefficient (Wildman–Crippen LogP) is -1.79. The number of nitrogens with two attached hydrogens (primary N) is 1. The second-order valence-electron chi connectivity index (χ2n) is 9.11. The van der Waals surface area contributed by atoms with Gasteiger partial charge in [0.05, 0.1) is 31.2 Å². The highest BCUT2D eigenvalue weighted by atomic mass is 16.3. The van der Waals surface area contributed by atoms with Crippen LogP contribution in [0.1, 0.15) is 24.5 Å². The highest BCUT2D eigenvalue weighted by Gasteiger charge is 2.67. The van der Waals surface area contributed by atoms with Crippen molar-refractivity contribution in [2.45, 2.75) is 30.6 Å². The Labute approximate surface area is 182 Å². The number of benzene rings is 1. The van der Waals surface area contributed by atoms with Gasteiger partial charge in [-0.1, -0.05) is 12.1 Å². The lowest BCUT2D eigenvalue weighted by Gasteiger charge is -2.51. The van der Waals surface area contributed by atoms with Crippen LogP contribution in [0, 0.1) is 11.8 Å². The molecular formula is C22H25N2O8+. The number of aromatic hydroxyl groups is 1. The van der Waals surface area contributed by atoms with Gasteiger partial charge >= 0.3 is 0 Å². The van der Waals surface area contributed by atoms with Crippen molar-refractivity contribution in [3.8, 4) is 5.75 Å². The molecule has 10 nitrogen and oxygen atoms in total. The van der Waals surface area contributed by atoms with Gasteiger partial charge < -0.3 is 36.2 Å². The molecule has 170 valence electrons. The summed E-state index contributed by atoms with van der Waals surface area (Å²) in [5.74, 6) is -7.76. The van der Waals surface area contributed by atoms with Gasteiger partial charge in [-0.25, -0.2) is 0 Å². The molecule has 0 unspecified atom stereocenters. The molecule has 0 bridgehead atoms. The lowest BCUT2D eigenvalue weighted by molar-refractivity contribution is -0.880. The minimum atomic E-state index is -2.72. The average Bonchev–Trinajstić information content (AvgIpc) is 2.68. The minimum absolute atomic E-state index is 0.167. The minimum Gasteiger partial charge on any atom is -0.508 e. The van der Waals surface area contributed by atoms with Gasteiger partial charge in [-0.05, 0) is 25.0 Å². The van der Waals surface area contributed by atoms with Crippen molar-refractivity contribution in [1.82, 2.24) is 0 Å². The number of carbonyl (C=O) groups is 3. The Morgan fingerprint density at radius 1 is 1.16 bits per heavy atom. The molecule has 3 aliphatic carbocycles. The maximum atomic E-state index is 13.7. The van der Waals surface area contributed by atoms with Crippen LogP contribution < -0.4 is 10.6 Å². The number of phenolic OH excluding ortho intramolecular Hbond substituents is 1. The summed E-state index contributed by atoms with van der Waals surface area (Å²) < 4.78 is 0. The first-order chi connectivity index (χ1) is 14.8. The van der Waals surface area contributed by atoms with Crippen molar-refractivity contribution in [2.24, 2.45) is 17.6 Å². The fourth-order valence-corrected chi connectivity index (χ4v) is 5.60. The molecule has 0 heterocycles. The number of amides is 1. The van der Waals surface area contributed by atoms with Crippen LogP contribution in [0.15, 0.2) is 35.1 Å². The molecule has 8 N–H and O–H groups in total. The molecule has 0 radical (unpaired) electrons. The van der Waals surface area contributed by atoms with Crippen LogP contribution in [-0.4, -0.2) is 68.7 Å². The van der Waals surface area contributed by atoms with E-state index < -0.39 is 69.2 Å². The zero-order chi connectivity index (χ0) is 23.9. The van der Waals surface area contributed by atoms with E-state index in [0.29, 0.717) is 4.90 Å². The molecule has 0 aliphatic heterocycles. The highest BCUT2D eigenvalue weighted by Crippen LogP contribution is 2.56. The molecule has 1 aromatic carbocycles. The van der Waals surface area contributed by atoms with Crippen LogP contribution >= 0.6 is 0 Å². The van der Waals surface area contributed by atoms with E-state index in [9.17, 15) is 39.9 Å². The van der Waals surface area contributed by atoms with Gasteiger partial charge in [-0.15, -0.1) is 0 Å². The van der Waals surface area contributed by atoms with Crippen molar-refractivity contribution in [2.75, 3.05) is 14.1 Å². The maximum Gasteiger partial charge on any atom is 0.256 e. The quantitative estimate of drug-likeness (QED) is 0.260. The molecule has 10 heteroatoms. The van der Waals surface area contributed by atoms with Crippen molar-refractivity contribution < 1.29 is 44.8 Å². The number of quaternary nitrogens is 1. The molecule has 0 saturated heterocycles. The zero-order valence-corrected chi connectivity index (χ0v) is 17.7. The standard InChI is InChI=1S/C22H24N2O8/c1-21(31)8-5-4-6-11(25)12(8)16(26)13-9(21)7-10-15(24(2)3)17(27)14(20(23)30)19(29)22(10,32)18(13)28/h4-6,9-10,15,25-26,29,31-32H,7H2,1-3H3,(H2,23,30)/p+1/t9-,10-,15+,21+,22-/m0/s1. The smallest absolute Gasteiger partial charge is 0.256 e. The van der Waals surface area contributed by atoms with Gasteiger partial charge in [0.25, 0.3) is 5.91 Å². The van der Waals surface area contributed by atoms with E-state index in [-0.39, 0.29) is 23.3 Å². The first-order valence-corrected chi connectivity index (χ1v) is 10.1. The van der Waals surface area contributed by atoms with Gasteiger partial charge in [0.15, 0.2) is 11.6 Å². The number of carbonyl (C=O) groups excluding carboxylic acids is 3. The molecule has 3 aliphatic rings. The molecule has 1 aromatic rings. The third kappa shape index (κ3) is 2.48. The summed E-state index contributed by atoms with van der Waals surface area (Å²) in [4.78, 5) is 39.1. The first-order valence-electron chi connectivity index (χ1n) is 10.1. The maximum absolute atomic E-state index is 13.7. The molecule has 32 heavy (non-hydrogen) atoms. The Morgan fingerprint density at radius 2 is 1.78 bits per heavy atom. The second kappa shape index (κ2) is 6.64. The Hall–Kier alpha value is -3.21. The second-order valence-corrected chi connectivity index (χ2v) is 9.11. The largest absolute Gasteiger partial charge is 0.508 e. The van der Waals surface area contributed by atoms with Crippen molar-refractivity contribution in [3.63, 3.8) is 0 Å². The summed E-state index contributed by atoms with van der Waals surface area (Å²) in [6.45, 7) is 1.41. The van der Waals surface area contributed by atoms with Gasteiger partial charge in [-0.3, -0.25) is 14.4 Å². The number of primary amides is 1. The number of hydrogen-bond acceptors (Lipinski definition) is 8. The number of nitrogens with one attached hydrogen (secondary N) is 1. The molecular weight excluding hydrogens is 420 g/mol. The van der Waals surface area contributed by atoms with Crippen molar-refractivity contribution in [1.29, 1.82) is 0 Å². The van der Waals surface area contributed by atoms with Gasteiger partial charge in [0.1, 0.15) is 22.8 Å². The van der Waals surface area contributed by atoms with Crippen LogP contribution in [0.2, 0.25) is 0 Å². The number of phenols is 1. The van der Waals surface area contributed by atoms with E-state index >= 15 is 0 Å². The fraction of sp³-hybridized carbons (Fsp3) is 0.409.